The van der Waals surface area contributed by atoms with Gasteiger partial charge in [-0.25, -0.2) is 8.78 Å². The Morgan fingerprint density at radius 2 is 0.713 bits per heavy atom. The number of rotatable bonds is 8. The van der Waals surface area contributed by atoms with Gasteiger partial charge < -0.3 is 28.8 Å². The summed E-state index contributed by atoms with van der Waals surface area (Å²) in [7, 11) is 0. The number of nitrogens with zero attached hydrogens (tertiary/aromatic N) is 2. The molecule has 412 valence electrons. The molecular weight excluding hydrogens is 995 g/mol. The first kappa shape index (κ1) is 54.4. The quantitative estimate of drug-likeness (QED) is 0.159. The highest BCUT2D eigenvalue weighted by Crippen LogP contribution is 2.48. The standard InChI is InChI=1S/C72H76F2N2O4/c1-41-30-57(67(77)63(32-41)75-59-24-18-43(69(3,4)5)34-51(59)52-35-44(70(6,7)8)19-25-60(52)75)55-38-47(73)22-28-65(55)79-49-16-15-17-50(40-49)80-66-29-23-48(74)39-56(66)58-31-42(2)33-64(68(58)78)76-61-26-20-45(71(9,10)11)36-53(61)54-37-46(72(12,13)14)21-27-62(54)76/h18-39,49-50,77-78H,15-17,40H2,1-14H3/t49-,50+. The zero-order valence-electron chi connectivity index (χ0n) is 49.0. The van der Waals surface area contributed by atoms with Crippen LogP contribution in [0.3, 0.4) is 0 Å². The number of fused-ring (bicyclic) bond motifs is 6. The second-order valence-electron chi connectivity index (χ2n) is 26.9. The van der Waals surface area contributed by atoms with Gasteiger partial charge in [-0.15, -0.1) is 0 Å². The van der Waals surface area contributed by atoms with Crippen LogP contribution in [0.5, 0.6) is 23.0 Å². The van der Waals surface area contributed by atoms with E-state index >= 15 is 8.78 Å². The number of benzene rings is 8. The summed E-state index contributed by atoms with van der Waals surface area (Å²) in [5.74, 6) is 0.0333. The van der Waals surface area contributed by atoms with Crippen LogP contribution in [0.25, 0.3) is 77.2 Å². The lowest BCUT2D eigenvalue weighted by molar-refractivity contribution is 0.0685. The fourth-order valence-electron chi connectivity index (χ4n) is 12.0. The SMILES string of the molecule is Cc1cc(-c2cc(F)ccc2O[C@@H]2CCC[C@H](Oc3ccc(F)cc3-c3cc(C)cc(-n4c5ccc(C(C)(C)C)cc5c5cc(C(C)(C)C)ccc54)c3O)C2)c(O)c(-n2c3ccc(C(C)(C)C)cc3c3cc(C(C)(C)C)ccc32)c1. The lowest BCUT2D eigenvalue weighted by Gasteiger charge is -2.31. The molecule has 0 unspecified atom stereocenters. The first-order valence-corrected chi connectivity index (χ1v) is 28.4. The van der Waals surface area contributed by atoms with Crippen molar-refractivity contribution in [2.45, 2.75) is 156 Å². The number of hydrogen-bond acceptors (Lipinski definition) is 4. The van der Waals surface area contributed by atoms with Gasteiger partial charge in [-0.2, -0.15) is 0 Å². The number of halogens is 2. The third-order valence-corrected chi connectivity index (χ3v) is 16.6. The number of phenolic OH excluding ortho intramolecular Hbond substituents is 2. The Bertz CT molecular complexity index is 3690. The second-order valence-corrected chi connectivity index (χ2v) is 26.9. The van der Waals surface area contributed by atoms with E-state index in [4.69, 9.17) is 9.47 Å². The highest BCUT2D eigenvalue weighted by atomic mass is 19.1. The Kier molecular flexibility index (Phi) is 13.3. The average molecular weight is 1070 g/mol. The van der Waals surface area contributed by atoms with Crippen molar-refractivity contribution in [3.8, 4) is 56.6 Å². The zero-order chi connectivity index (χ0) is 57.1. The molecule has 0 bridgehead atoms. The van der Waals surface area contributed by atoms with Gasteiger partial charge in [0.15, 0.2) is 0 Å². The summed E-state index contributed by atoms with van der Waals surface area (Å²) in [6, 6.07) is 43.2. The zero-order valence-corrected chi connectivity index (χ0v) is 49.0. The number of aromatic nitrogens is 2. The Labute approximate surface area is 470 Å². The van der Waals surface area contributed by atoms with Crippen molar-refractivity contribution in [2.75, 3.05) is 0 Å². The monoisotopic (exact) mass is 1070 g/mol. The second kappa shape index (κ2) is 19.6. The number of ether oxygens (including phenoxy) is 2. The number of aromatic hydroxyl groups is 2. The molecule has 1 aliphatic rings. The van der Waals surface area contributed by atoms with E-state index in [1.54, 1.807) is 12.1 Å². The molecule has 10 aromatic rings. The van der Waals surface area contributed by atoms with E-state index in [1.807, 2.05) is 38.1 Å². The molecule has 6 nitrogen and oxygen atoms in total. The average Bonchev–Trinajstić information content (AvgIpc) is 4.12. The Morgan fingerprint density at radius 1 is 0.400 bits per heavy atom. The molecule has 2 heterocycles. The van der Waals surface area contributed by atoms with Crippen LogP contribution in [0, 0.1) is 25.5 Å². The van der Waals surface area contributed by atoms with Gasteiger partial charge >= 0.3 is 0 Å². The summed E-state index contributed by atoms with van der Waals surface area (Å²) >= 11 is 0. The van der Waals surface area contributed by atoms with Gasteiger partial charge in [0.05, 0.1) is 33.4 Å². The minimum Gasteiger partial charge on any atom is -0.505 e. The molecule has 1 aliphatic carbocycles. The summed E-state index contributed by atoms with van der Waals surface area (Å²) in [5, 5.41) is 29.6. The molecule has 0 radical (unpaired) electrons. The van der Waals surface area contributed by atoms with Gasteiger partial charge in [-0.1, -0.05) is 107 Å². The van der Waals surface area contributed by atoms with E-state index in [9.17, 15) is 10.2 Å². The van der Waals surface area contributed by atoms with E-state index in [1.165, 1.54) is 46.5 Å². The molecule has 11 rings (SSSR count). The molecule has 8 aromatic carbocycles. The molecule has 1 saturated carbocycles. The fourth-order valence-corrected chi connectivity index (χ4v) is 12.0. The summed E-state index contributed by atoms with van der Waals surface area (Å²) in [5.41, 5.74) is 13.2. The summed E-state index contributed by atoms with van der Waals surface area (Å²) < 4.78 is 49.3. The number of hydrogen-bond donors (Lipinski definition) is 2. The molecule has 0 amide bonds. The Morgan fingerprint density at radius 3 is 1.01 bits per heavy atom. The summed E-state index contributed by atoms with van der Waals surface area (Å²) in [4.78, 5) is 0. The summed E-state index contributed by atoms with van der Waals surface area (Å²) in [6.07, 6.45) is 2.07. The third-order valence-electron chi connectivity index (χ3n) is 16.6. The van der Waals surface area contributed by atoms with Crippen LogP contribution in [-0.2, 0) is 21.7 Å². The van der Waals surface area contributed by atoms with Gasteiger partial charge in [0.2, 0.25) is 0 Å². The van der Waals surface area contributed by atoms with E-state index in [-0.39, 0.29) is 45.4 Å². The van der Waals surface area contributed by atoms with Gasteiger partial charge in [0.25, 0.3) is 0 Å². The minimum absolute atomic E-state index is 0.0170. The maximum absolute atomic E-state index is 15.6. The van der Waals surface area contributed by atoms with Crippen LogP contribution in [0.1, 0.15) is 142 Å². The number of aryl methyl sites for hydroxylation is 2. The van der Waals surface area contributed by atoms with Gasteiger partial charge in [0.1, 0.15) is 46.8 Å². The third kappa shape index (κ3) is 9.98. The topological polar surface area (TPSA) is 68.8 Å². The molecule has 0 saturated heterocycles. The molecule has 1 fully saturated rings. The minimum atomic E-state index is -0.449. The first-order chi connectivity index (χ1) is 37.6. The Hall–Kier alpha value is -7.58. The van der Waals surface area contributed by atoms with Crippen LogP contribution >= 0.6 is 0 Å². The molecule has 2 aromatic heterocycles. The van der Waals surface area contributed by atoms with Crippen LogP contribution < -0.4 is 9.47 Å². The van der Waals surface area contributed by atoms with Crippen LogP contribution in [0.15, 0.2) is 133 Å². The predicted octanol–water partition coefficient (Wildman–Crippen LogP) is 19.5. The molecule has 2 N–H and O–H groups in total. The molecule has 80 heavy (non-hydrogen) atoms. The van der Waals surface area contributed by atoms with E-state index < -0.39 is 11.6 Å². The highest BCUT2D eigenvalue weighted by Gasteiger charge is 2.30. The summed E-state index contributed by atoms with van der Waals surface area (Å²) in [6.45, 7) is 30.6. The van der Waals surface area contributed by atoms with Crippen LogP contribution in [0.2, 0.25) is 0 Å². The predicted molar refractivity (Wildman–Crippen MR) is 327 cm³/mol. The van der Waals surface area contributed by atoms with E-state index in [0.29, 0.717) is 51.5 Å². The normalized spacial score (nSPS) is 15.7. The van der Waals surface area contributed by atoms with E-state index in [2.05, 4.69) is 165 Å². The molecule has 8 heteroatoms. The highest BCUT2D eigenvalue weighted by molar-refractivity contribution is 6.11. The van der Waals surface area contributed by atoms with Crippen molar-refractivity contribution in [1.82, 2.24) is 9.13 Å². The maximum Gasteiger partial charge on any atom is 0.147 e. The lowest BCUT2D eigenvalue weighted by Crippen LogP contribution is -2.32. The van der Waals surface area contributed by atoms with Crippen LogP contribution in [-0.4, -0.2) is 31.6 Å². The smallest absolute Gasteiger partial charge is 0.147 e. The molecule has 0 aliphatic heterocycles. The molecule has 0 spiro atoms. The fraction of sp³-hybridized carbons (Fsp3) is 0.333. The van der Waals surface area contributed by atoms with Crippen molar-refractivity contribution >= 4 is 43.6 Å². The van der Waals surface area contributed by atoms with Crippen molar-refractivity contribution in [3.63, 3.8) is 0 Å². The number of phenols is 2. The van der Waals surface area contributed by atoms with E-state index in [0.717, 1.165) is 74.0 Å². The van der Waals surface area contributed by atoms with Gasteiger partial charge in [0, 0.05) is 50.2 Å². The largest absolute Gasteiger partial charge is 0.505 e. The Balaban J connectivity index is 0.931. The molecule has 2 atom stereocenters. The maximum atomic E-state index is 15.6. The van der Waals surface area contributed by atoms with Crippen molar-refractivity contribution in [2.24, 2.45) is 0 Å². The first-order valence-electron chi connectivity index (χ1n) is 28.4. The lowest BCUT2D eigenvalue weighted by atomic mass is 9.85. The van der Waals surface area contributed by atoms with Crippen molar-refractivity contribution < 1.29 is 28.5 Å². The molecular formula is C72H76F2N2O4. The van der Waals surface area contributed by atoms with Gasteiger partial charge in [-0.3, -0.25) is 0 Å². The van der Waals surface area contributed by atoms with Crippen molar-refractivity contribution in [1.29, 1.82) is 0 Å². The van der Waals surface area contributed by atoms with Gasteiger partial charge in [-0.05, 0) is 197 Å². The van der Waals surface area contributed by atoms with Crippen molar-refractivity contribution in [3.05, 3.63) is 178 Å². The van der Waals surface area contributed by atoms with Crippen LogP contribution in [0.4, 0.5) is 8.78 Å².